The van der Waals surface area contributed by atoms with Crippen molar-refractivity contribution in [2.24, 2.45) is 5.16 Å². The molecule has 0 heterocycles. The van der Waals surface area contributed by atoms with Gasteiger partial charge in [-0.1, -0.05) is 24.9 Å². The van der Waals surface area contributed by atoms with E-state index in [-0.39, 0.29) is 0 Å². The molecule has 0 bridgehead atoms. The minimum Gasteiger partial charge on any atom is -0.411 e. The zero-order valence-corrected chi connectivity index (χ0v) is 5.22. The van der Waals surface area contributed by atoms with Crippen molar-refractivity contribution >= 4 is 6.21 Å². The van der Waals surface area contributed by atoms with Gasteiger partial charge in [0.1, 0.15) is 6.21 Å². The molecular weight excluding hydrogens is 102 g/mol. The van der Waals surface area contributed by atoms with Gasteiger partial charge in [0, 0.05) is 0 Å². The molecule has 0 aromatic rings. The molecule has 1 N–H and O–H groups in total. The predicted octanol–water partition coefficient (Wildman–Crippen LogP) is 1.90. The van der Waals surface area contributed by atoms with Crippen molar-refractivity contribution in [3.63, 3.8) is 0 Å². The first-order chi connectivity index (χ1) is 3.91. The first-order valence-corrected chi connectivity index (χ1v) is 2.98. The molecule has 0 aromatic carbocycles. The first-order valence-electron chi connectivity index (χ1n) is 2.98. The van der Waals surface area contributed by atoms with E-state index in [0.29, 0.717) is 0 Å². The van der Waals surface area contributed by atoms with Gasteiger partial charge < -0.3 is 5.21 Å². The predicted molar refractivity (Wildman–Crippen MR) is 33.4 cm³/mol. The second-order valence-electron chi connectivity index (χ2n) is 1.72. The van der Waals surface area contributed by atoms with Crippen molar-refractivity contribution in [2.45, 2.75) is 32.6 Å². The van der Waals surface area contributed by atoms with Crippen molar-refractivity contribution in [1.82, 2.24) is 0 Å². The summed E-state index contributed by atoms with van der Waals surface area (Å²) in [5.74, 6) is 0. The van der Waals surface area contributed by atoms with Gasteiger partial charge in [0.2, 0.25) is 0 Å². The van der Waals surface area contributed by atoms with Gasteiger partial charge in [0.05, 0.1) is 0 Å². The molecule has 2 heteroatoms. The lowest BCUT2D eigenvalue weighted by Gasteiger charge is -1.87. The molecule has 2 nitrogen and oxygen atoms in total. The topological polar surface area (TPSA) is 32.6 Å². The van der Waals surface area contributed by atoms with Crippen LogP contribution in [0.5, 0.6) is 0 Å². The van der Waals surface area contributed by atoms with E-state index in [4.69, 9.17) is 5.21 Å². The summed E-state index contributed by atoms with van der Waals surface area (Å²) in [4.78, 5) is 0. The number of unbranched alkanes of at least 4 members (excludes halogenated alkanes) is 3. The maximum absolute atomic E-state index is 7.88. The SMILES string of the molecule is CCCCC/[C]=N\O. The summed E-state index contributed by atoms with van der Waals surface area (Å²) >= 11 is 0. The van der Waals surface area contributed by atoms with Gasteiger partial charge in [-0.25, -0.2) is 0 Å². The van der Waals surface area contributed by atoms with Crippen LogP contribution in [0.3, 0.4) is 0 Å². The summed E-state index contributed by atoms with van der Waals surface area (Å²) < 4.78 is 0. The first kappa shape index (κ1) is 7.47. The van der Waals surface area contributed by atoms with Crippen molar-refractivity contribution in [3.8, 4) is 0 Å². The average molecular weight is 114 g/mol. The van der Waals surface area contributed by atoms with Gasteiger partial charge in [-0.2, -0.15) is 0 Å². The Morgan fingerprint density at radius 3 is 2.75 bits per heavy atom. The van der Waals surface area contributed by atoms with Crippen LogP contribution in [0, 0.1) is 0 Å². The lowest BCUT2D eigenvalue weighted by Crippen LogP contribution is -1.75. The molecule has 0 saturated heterocycles. The van der Waals surface area contributed by atoms with Crippen LogP contribution in [0.4, 0.5) is 0 Å². The normalized spacial score (nSPS) is 10.6. The van der Waals surface area contributed by atoms with E-state index in [1.54, 1.807) is 0 Å². The summed E-state index contributed by atoms with van der Waals surface area (Å²) in [5, 5.41) is 10.6. The maximum Gasteiger partial charge on any atom is 0.104 e. The third-order valence-corrected chi connectivity index (χ3v) is 0.963. The Labute approximate surface area is 50.2 Å². The Morgan fingerprint density at radius 1 is 1.50 bits per heavy atom. The molecule has 1 radical (unpaired) electrons. The number of rotatable bonds is 4. The molecule has 0 unspecified atom stereocenters. The second kappa shape index (κ2) is 6.47. The average Bonchev–Trinajstić information content (AvgIpc) is 1.81. The summed E-state index contributed by atoms with van der Waals surface area (Å²) in [7, 11) is 0. The van der Waals surface area contributed by atoms with Gasteiger partial charge in [0.15, 0.2) is 0 Å². The maximum atomic E-state index is 7.88. The zero-order valence-electron chi connectivity index (χ0n) is 5.22. The van der Waals surface area contributed by atoms with Crippen LogP contribution in [-0.2, 0) is 0 Å². The van der Waals surface area contributed by atoms with E-state index in [1.165, 1.54) is 12.8 Å². The van der Waals surface area contributed by atoms with Crippen LogP contribution in [0.25, 0.3) is 0 Å². The highest BCUT2D eigenvalue weighted by Gasteiger charge is 1.81. The Bertz CT molecular complexity index is 61.5. The van der Waals surface area contributed by atoms with E-state index < -0.39 is 0 Å². The second-order valence-corrected chi connectivity index (χ2v) is 1.72. The fourth-order valence-electron chi connectivity index (χ4n) is 0.504. The Hall–Kier alpha value is -0.530. The molecule has 0 aromatic heterocycles. The van der Waals surface area contributed by atoms with Gasteiger partial charge in [-0.05, 0) is 12.8 Å². The van der Waals surface area contributed by atoms with E-state index in [0.717, 1.165) is 12.8 Å². The molecule has 0 amide bonds. The molecule has 0 fully saturated rings. The van der Waals surface area contributed by atoms with Gasteiger partial charge in [0.25, 0.3) is 0 Å². The van der Waals surface area contributed by atoms with Crippen molar-refractivity contribution in [1.29, 1.82) is 0 Å². The fourth-order valence-corrected chi connectivity index (χ4v) is 0.504. The van der Waals surface area contributed by atoms with Crippen LogP contribution in [-0.4, -0.2) is 11.4 Å². The summed E-state index contributed by atoms with van der Waals surface area (Å²) in [5.41, 5.74) is 0. The summed E-state index contributed by atoms with van der Waals surface area (Å²) in [6.07, 6.45) is 6.73. The molecule has 0 atom stereocenters. The smallest absolute Gasteiger partial charge is 0.104 e. The lowest BCUT2D eigenvalue weighted by atomic mass is 10.2. The lowest BCUT2D eigenvalue weighted by molar-refractivity contribution is 0.320. The minimum atomic E-state index is 0.782. The van der Waals surface area contributed by atoms with Crippen LogP contribution in [0.15, 0.2) is 5.16 Å². The van der Waals surface area contributed by atoms with E-state index in [2.05, 4.69) is 18.3 Å². The molecule has 0 saturated carbocycles. The van der Waals surface area contributed by atoms with E-state index in [1.807, 2.05) is 0 Å². The summed E-state index contributed by atoms with van der Waals surface area (Å²) in [6, 6.07) is 0. The molecule has 0 aliphatic heterocycles. The highest BCUT2D eigenvalue weighted by molar-refractivity contribution is 5.55. The zero-order chi connectivity index (χ0) is 6.24. The Kier molecular flexibility index (Phi) is 6.04. The Balaban J connectivity index is 2.72. The molecule has 47 valence electrons. The quantitative estimate of drug-likeness (QED) is 0.257. The highest BCUT2D eigenvalue weighted by atomic mass is 16.4. The third-order valence-electron chi connectivity index (χ3n) is 0.963. The third kappa shape index (κ3) is 5.47. The minimum absolute atomic E-state index is 0.782. The molecule has 0 rings (SSSR count). The number of hydrogen-bond donors (Lipinski definition) is 1. The molecular formula is C6H12NO. The molecule has 8 heavy (non-hydrogen) atoms. The number of nitrogens with zero attached hydrogens (tertiary/aromatic N) is 1. The summed E-state index contributed by atoms with van der Waals surface area (Å²) in [6.45, 7) is 2.14. The molecule has 0 spiro atoms. The monoisotopic (exact) mass is 114 g/mol. The highest BCUT2D eigenvalue weighted by Crippen LogP contribution is 1.95. The molecule has 0 aliphatic carbocycles. The van der Waals surface area contributed by atoms with Gasteiger partial charge in [-0.15, -0.1) is 0 Å². The van der Waals surface area contributed by atoms with Gasteiger partial charge >= 0.3 is 0 Å². The van der Waals surface area contributed by atoms with Crippen molar-refractivity contribution in [3.05, 3.63) is 0 Å². The standard InChI is InChI=1S/C6H12NO/c1-2-3-4-5-6-7-8/h8H,2-5H2,1H3. The van der Waals surface area contributed by atoms with Crippen molar-refractivity contribution in [2.75, 3.05) is 0 Å². The number of hydrogen-bond acceptors (Lipinski definition) is 2. The van der Waals surface area contributed by atoms with Crippen molar-refractivity contribution < 1.29 is 5.21 Å². The van der Waals surface area contributed by atoms with Crippen LogP contribution >= 0.6 is 0 Å². The molecule has 0 aliphatic rings. The van der Waals surface area contributed by atoms with E-state index >= 15 is 0 Å². The van der Waals surface area contributed by atoms with Crippen LogP contribution < -0.4 is 0 Å². The largest absolute Gasteiger partial charge is 0.411 e. The van der Waals surface area contributed by atoms with E-state index in [9.17, 15) is 0 Å². The Morgan fingerprint density at radius 2 is 2.25 bits per heavy atom. The van der Waals surface area contributed by atoms with Crippen LogP contribution in [0.2, 0.25) is 0 Å². The fraction of sp³-hybridized carbons (Fsp3) is 0.833. The van der Waals surface area contributed by atoms with Gasteiger partial charge in [-0.3, -0.25) is 0 Å². The van der Waals surface area contributed by atoms with Crippen LogP contribution in [0.1, 0.15) is 32.6 Å².